The fraction of sp³-hybridized carbons (Fsp3) is 0.375. The van der Waals surface area contributed by atoms with Gasteiger partial charge in [-0.1, -0.05) is 12.1 Å². The largest absolute Gasteiger partial charge is 0.383 e. The molecule has 0 spiro atoms. The standard InChI is InChI=1S/C16H18N2O3/c1-10(9-21-2)17-16(20)13-8-18-7-6-11-4-3-5-12(14(11)18)15(13)19/h3-5,8,10H,6-7,9H2,1-2H3,(H,17,20). The molecule has 5 heteroatoms. The van der Waals surface area contributed by atoms with Gasteiger partial charge in [0.15, 0.2) is 0 Å². The van der Waals surface area contributed by atoms with Crippen LogP contribution in [0, 0.1) is 0 Å². The number of carbonyl (C=O) groups is 1. The number of hydrogen-bond acceptors (Lipinski definition) is 3. The fourth-order valence-electron chi connectivity index (χ4n) is 2.91. The van der Waals surface area contributed by atoms with Crippen molar-refractivity contribution < 1.29 is 9.53 Å². The highest BCUT2D eigenvalue weighted by Crippen LogP contribution is 2.23. The number of pyridine rings is 1. The van der Waals surface area contributed by atoms with Crippen LogP contribution in [-0.4, -0.2) is 30.2 Å². The second kappa shape index (κ2) is 5.33. The molecule has 21 heavy (non-hydrogen) atoms. The van der Waals surface area contributed by atoms with Crippen LogP contribution in [0.1, 0.15) is 22.8 Å². The monoisotopic (exact) mass is 286 g/mol. The highest BCUT2D eigenvalue weighted by Gasteiger charge is 2.20. The Morgan fingerprint density at radius 3 is 3.05 bits per heavy atom. The number of nitrogens with one attached hydrogen (secondary N) is 1. The van der Waals surface area contributed by atoms with Crippen LogP contribution in [0.2, 0.25) is 0 Å². The number of nitrogens with zero attached hydrogens (tertiary/aromatic N) is 1. The molecule has 1 aliphatic heterocycles. The molecule has 0 radical (unpaired) electrons. The van der Waals surface area contributed by atoms with E-state index in [2.05, 4.69) is 5.32 Å². The number of carbonyl (C=O) groups excluding carboxylic acids is 1. The number of rotatable bonds is 4. The van der Waals surface area contributed by atoms with Crippen LogP contribution < -0.4 is 10.7 Å². The van der Waals surface area contributed by atoms with Gasteiger partial charge in [0, 0.05) is 31.3 Å². The van der Waals surface area contributed by atoms with Gasteiger partial charge in [-0.05, 0) is 25.0 Å². The summed E-state index contributed by atoms with van der Waals surface area (Å²) in [7, 11) is 1.58. The average molecular weight is 286 g/mol. The zero-order valence-electron chi connectivity index (χ0n) is 12.2. The van der Waals surface area contributed by atoms with E-state index in [1.54, 1.807) is 19.4 Å². The van der Waals surface area contributed by atoms with Crippen molar-refractivity contribution in [1.82, 2.24) is 9.88 Å². The molecule has 5 nitrogen and oxygen atoms in total. The maximum Gasteiger partial charge on any atom is 0.257 e. The Balaban J connectivity index is 2.04. The number of hydrogen-bond donors (Lipinski definition) is 1. The molecule has 1 N–H and O–H groups in total. The van der Waals surface area contributed by atoms with Gasteiger partial charge < -0.3 is 14.6 Å². The molecule has 0 saturated carbocycles. The number of methoxy groups -OCH3 is 1. The van der Waals surface area contributed by atoms with E-state index in [0.29, 0.717) is 12.0 Å². The van der Waals surface area contributed by atoms with Crippen LogP contribution in [-0.2, 0) is 17.7 Å². The van der Waals surface area contributed by atoms with Crippen LogP contribution in [0.25, 0.3) is 10.9 Å². The third-order valence-electron chi connectivity index (χ3n) is 3.84. The van der Waals surface area contributed by atoms with E-state index in [4.69, 9.17) is 4.74 Å². The second-order valence-electron chi connectivity index (χ2n) is 5.46. The lowest BCUT2D eigenvalue weighted by molar-refractivity contribution is 0.0904. The molecular formula is C16H18N2O3. The smallest absolute Gasteiger partial charge is 0.257 e. The normalized spacial score (nSPS) is 14.4. The molecule has 3 rings (SSSR count). The van der Waals surface area contributed by atoms with E-state index < -0.39 is 0 Å². The summed E-state index contributed by atoms with van der Waals surface area (Å²) in [5.74, 6) is -0.340. The van der Waals surface area contributed by atoms with Gasteiger partial charge in [0.05, 0.1) is 12.1 Å². The number of ether oxygens (including phenoxy) is 1. The predicted molar refractivity (Wildman–Crippen MR) is 80.7 cm³/mol. The van der Waals surface area contributed by atoms with E-state index >= 15 is 0 Å². The molecule has 0 aliphatic carbocycles. The Kier molecular flexibility index (Phi) is 3.51. The highest BCUT2D eigenvalue weighted by atomic mass is 16.5. The summed E-state index contributed by atoms with van der Waals surface area (Å²) in [5.41, 5.74) is 2.13. The zero-order chi connectivity index (χ0) is 15.0. The first-order chi connectivity index (χ1) is 10.1. The summed E-state index contributed by atoms with van der Waals surface area (Å²) >= 11 is 0. The SMILES string of the molecule is COCC(C)NC(=O)c1cn2c3c(cccc3c1=O)CC2. The van der Waals surface area contributed by atoms with Gasteiger partial charge in [-0.15, -0.1) is 0 Å². The van der Waals surface area contributed by atoms with Crippen molar-refractivity contribution in [2.75, 3.05) is 13.7 Å². The van der Waals surface area contributed by atoms with Crippen LogP contribution in [0.4, 0.5) is 0 Å². The van der Waals surface area contributed by atoms with Crippen LogP contribution >= 0.6 is 0 Å². The Labute approximate surface area is 122 Å². The molecule has 1 atom stereocenters. The number of amides is 1. The van der Waals surface area contributed by atoms with Crippen molar-refractivity contribution in [1.29, 1.82) is 0 Å². The van der Waals surface area contributed by atoms with Gasteiger partial charge in [0.25, 0.3) is 5.91 Å². The summed E-state index contributed by atoms with van der Waals surface area (Å²) < 4.78 is 7.00. The van der Waals surface area contributed by atoms with Crippen LogP contribution in [0.5, 0.6) is 0 Å². The van der Waals surface area contributed by atoms with Crippen LogP contribution in [0.15, 0.2) is 29.2 Å². The van der Waals surface area contributed by atoms with Crippen LogP contribution in [0.3, 0.4) is 0 Å². The first-order valence-electron chi connectivity index (χ1n) is 7.06. The molecule has 110 valence electrons. The van der Waals surface area contributed by atoms with Gasteiger partial charge in [-0.25, -0.2) is 0 Å². The molecule has 2 aromatic rings. The third kappa shape index (κ3) is 2.34. The molecular weight excluding hydrogens is 268 g/mol. The lowest BCUT2D eigenvalue weighted by atomic mass is 10.1. The van der Waals surface area contributed by atoms with E-state index in [1.165, 1.54) is 5.56 Å². The molecule has 1 unspecified atom stereocenters. The van der Waals surface area contributed by atoms with Gasteiger partial charge in [0.2, 0.25) is 5.43 Å². The molecule has 1 amide bonds. The molecule has 0 saturated heterocycles. The Morgan fingerprint density at radius 1 is 1.48 bits per heavy atom. The van der Waals surface area contributed by atoms with E-state index in [1.807, 2.05) is 23.6 Å². The van der Waals surface area contributed by atoms with E-state index in [9.17, 15) is 9.59 Å². The van der Waals surface area contributed by atoms with E-state index in [-0.39, 0.29) is 22.9 Å². The van der Waals surface area contributed by atoms with Crippen molar-refractivity contribution in [3.05, 3.63) is 45.7 Å². The van der Waals surface area contributed by atoms with Crippen molar-refractivity contribution in [3.8, 4) is 0 Å². The first kappa shape index (κ1) is 13.8. The summed E-state index contributed by atoms with van der Waals surface area (Å²) in [5, 5.41) is 3.42. The van der Waals surface area contributed by atoms with Gasteiger partial charge >= 0.3 is 0 Å². The minimum Gasteiger partial charge on any atom is -0.383 e. The number of benzene rings is 1. The zero-order valence-corrected chi connectivity index (χ0v) is 12.2. The van der Waals surface area contributed by atoms with Gasteiger partial charge in [0.1, 0.15) is 5.56 Å². The average Bonchev–Trinajstić information content (AvgIpc) is 2.87. The van der Waals surface area contributed by atoms with E-state index in [0.717, 1.165) is 18.5 Å². The molecule has 0 bridgehead atoms. The highest BCUT2D eigenvalue weighted by molar-refractivity contribution is 5.98. The van der Waals surface area contributed by atoms with Crippen molar-refractivity contribution in [3.63, 3.8) is 0 Å². The molecule has 2 heterocycles. The first-order valence-corrected chi connectivity index (χ1v) is 7.06. The minimum atomic E-state index is -0.340. The number of aromatic nitrogens is 1. The number of aryl methyl sites for hydroxylation is 2. The maximum absolute atomic E-state index is 12.5. The molecule has 1 aromatic carbocycles. The van der Waals surface area contributed by atoms with Gasteiger partial charge in [-0.2, -0.15) is 0 Å². The summed E-state index contributed by atoms with van der Waals surface area (Å²) in [6, 6.07) is 5.57. The Bertz CT molecular complexity index is 764. The van der Waals surface area contributed by atoms with Crippen molar-refractivity contribution in [2.24, 2.45) is 0 Å². The Hall–Kier alpha value is -2.14. The lowest BCUT2D eigenvalue weighted by Crippen LogP contribution is -2.38. The second-order valence-corrected chi connectivity index (χ2v) is 5.46. The minimum absolute atomic E-state index is 0.137. The van der Waals surface area contributed by atoms with Gasteiger partial charge in [-0.3, -0.25) is 9.59 Å². The fourth-order valence-corrected chi connectivity index (χ4v) is 2.91. The quantitative estimate of drug-likeness (QED) is 0.922. The van der Waals surface area contributed by atoms with Crippen molar-refractivity contribution in [2.45, 2.75) is 25.9 Å². The predicted octanol–water partition coefficient (Wildman–Crippen LogP) is 1.32. The Morgan fingerprint density at radius 2 is 2.29 bits per heavy atom. The lowest BCUT2D eigenvalue weighted by Gasteiger charge is -2.13. The molecule has 0 fully saturated rings. The third-order valence-corrected chi connectivity index (χ3v) is 3.84. The molecule has 1 aromatic heterocycles. The maximum atomic E-state index is 12.5. The summed E-state index contributed by atoms with van der Waals surface area (Å²) in [6.07, 6.45) is 2.58. The summed E-state index contributed by atoms with van der Waals surface area (Å²) in [4.78, 5) is 24.8. The number of para-hydroxylation sites is 1. The van der Waals surface area contributed by atoms with Crippen molar-refractivity contribution >= 4 is 16.8 Å². The topological polar surface area (TPSA) is 60.3 Å². The molecule has 1 aliphatic rings. The summed E-state index contributed by atoms with van der Waals surface area (Å²) in [6.45, 7) is 3.07.